The third kappa shape index (κ3) is 4.31. The monoisotopic (exact) mass is 430 g/mol. The molecule has 2 aromatic carbocycles. The first kappa shape index (κ1) is 19.9. The molecule has 2 N–H and O–H groups in total. The molecule has 1 atom stereocenters. The summed E-state index contributed by atoms with van der Waals surface area (Å²) in [7, 11) is -3.45. The van der Waals surface area contributed by atoms with Crippen LogP contribution in [0.25, 0.3) is 11.0 Å². The second-order valence-electron chi connectivity index (χ2n) is 6.94. The maximum Gasteiger partial charge on any atom is 0.243 e. The van der Waals surface area contributed by atoms with Crippen molar-refractivity contribution in [1.82, 2.24) is 14.3 Å². The third-order valence-electron chi connectivity index (χ3n) is 4.85. The smallest absolute Gasteiger partial charge is 0.243 e. The zero-order chi connectivity index (χ0) is 20.4. The first-order valence-corrected chi connectivity index (χ1v) is 11.8. The number of sulfonamides is 1. The van der Waals surface area contributed by atoms with Gasteiger partial charge in [0, 0.05) is 18.8 Å². The van der Waals surface area contributed by atoms with E-state index in [4.69, 9.17) is 0 Å². The lowest BCUT2D eigenvalue weighted by molar-refractivity contribution is -0.115. The van der Waals surface area contributed by atoms with E-state index in [0.717, 1.165) is 23.9 Å². The molecule has 1 fully saturated rings. The summed E-state index contributed by atoms with van der Waals surface area (Å²) >= 11 is 1.34. The number of thioether (sulfide) groups is 1. The second kappa shape index (κ2) is 8.17. The average molecular weight is 431 g/mol. The molecule has 0 radical (unpaired) electrons. The van der Waals surface area contributed by atoms with Crippen molar-refractivity contribution in [2.24, 2.45) is 0 Å². The van der Waals surface area contributed by atoms with Crippen molar-refractivity contribution in [3.8, 4) is 0 Å². The molecule has 0 aliphatic carbocycles. The Kier molecular flexibility index (Phi) is 5.62. The molecule has 0 spiro atoms. The fraction of sp³-hybridized carbons (Fsp3) is 0.300. The van der Waals surface area contributed by atoms with E-state index in [9.17, 15) is 13.2 Å². The summed E-state index contributed by atoms with van der Waals surface area (Å²) in [5.74, 6) is -0.175. The van der Waals surface area contributed by atoms with Crippen molar-refractivity contribution in [1.29, 1.82) is 0 Å². The number of aromatic nitrogens is 2. The molecule has 1 aliphatic rings. The van der Waals surface area contributed by atoms with Crippen LogP contribution < -0.4 is 5.32 Å². The molecule has 9 heteroatoms. The van der Waals surface area contributed by atoms with Gasteiger partial charge in [0.05, 0.1) is 21.2 Å². The predicted octanol–water partition coefficient (Wildman–Crippen LogP) is 3.47. The number of amides is 1. The Bertz CT molecular complexity index is 1090. The Balaban J connectivity index is 1.39. The topological polar surface area (TPSA) is 95.2 Å². The van der Waals surface area contributed by atoms with Gasteiger partial charge in [0.25, 0.3) is 0 Å². The largest absolute Gasteiger partial charge is 0.333 e. The Morgan fingerprint density at radius 1 is 1.14 bits per heavy atom. The van der Waals surface area contributed by atoms with Crippen LogP contribution in [-0.4, -0.2) is 46.9 Å². The molecule has 1 unspecified atom stereocenters. The number of anilines is 1. The zero-order valence-corrected chi connectivity index (χ0v) is 17.6. The normalized spacial score (nSPS) is 16.2. The molecule has 29 heavy (non-hydrogen) atoms. The van der Waals surface area contributed by atoms with Crippen LogP contribution in [0, 0.1) is 0 Å². The van der Waals surface area contributed by atoms with Gasteiger partial charge in [-0.25, -0.2) is 13.4 Å². The van der Waals surface area contributed by atoms with Crippen LogP contribution in [0.3, 0.4) is 0 Å². The highest BCUT2D eigenvalue weighted by Gasteiger charge is 2.27. The molecule has 1 amide bonds. The van der Waals surface area contributed by atoms with E-state index in [1.807, 2.05) is 24.3 Å². The van der Waals surface area contributed by atoms with E-state index in [0.29, 0.717) is 23.9 Å². The van der Waals surface area contributed by atoms with Crippen LogP contribution in [0.2, 0.25) is 0 Å². The minimum Gasteiger partial charge on any atom is -0.333 e. The van der Waals surface area contributed by atoms with Crippen molar-refractivity contribution in [3.05, 3.63) is 48.5 Å². The molecule has 3 aromatic rings. The maximum absolute atomic E-state index is 12.6. The lowest BCUT2D eigenvalue weighted by atomic mass is 10.3. The molecule has 1 saturated heterocycles. The highest BCUT2D eigenvalue weighted by molar-refractivity contribution is 8.00. The van der Waals surface area contributed by atoms with Gasteiger partial charge in [0.1, 0.15) is 0 Å². The van der Waals surface area contributed by atoms with Gasteiger partial charge < -0.3 is 10.3 Å². The van der Waals surface area contributed by atoms with Crippen LogP contribution >= 0.6 is 11.8 Å². The summed E-state index contributed by atoms with van der Waals surface area (Å²) in [6.07, 6.45) is 1.79. The van der Waals surface area contributed by atoms with Crippen LogP contribution in [-0.2, 0) is 14.8 Å². The molecule has 4 rings (SSSR count). The second-order valence-corrected chi connectivity index (χ2v) is 10.2. The van der Waals surface area contributed by atoms with Crippen molar-refractivity contribution in [2.45, 2.75) is 35.1 Å². The number of rotatable bonds is 6. The minimum atomic E-state index is -3.45. The minimum absolute atomic E-state index is 0.175. The Morgan fingerprint density at radius 2 is 1.83 bits per heavy atom. The summed E-state index contributed by atoms with van der Waals surface area (Å²) < 4.78 is 26.7. The summed E-state index contributed by atoms with van der Waals surface area (Å²) in [5.41, 5.74) is 2.35. The molecule has 152 valence electrons. The number of aromatic amines is 1. The summed E-state index contributed by atoms with van der Waals surface area (Å²) in [4.78, 5) is 20.4. The van der Waals surface area contributed by atoms with Gasteiger partial charge in [-0.3, -0.25) is 4.79 Å². The Labute approximate surface area is 174 Å². The van der Waals surface area contributed by atoms with E-state index in [1.54, 1.807) is 31.2 Å². The zero-order valence-electron chi connectivity index (χ0n) is 16.0. The molecule has 0 bridgehead atoms. The van der Waals surface area contributed by atoms with Gasteiger partial charge >= 0.3 is 0 Å². The van der Waals surface area contributed by atoms with E-state index in [2.05, 4.69) is 15.3 Å². The van der Waals surface area contributed by atoms with Gasteiger partial charge in [-0.1, -0.05) is 23.9 Å². The van der Waals surface area contributed by atoms with Crippen LogP contribution in [0.4, 0.5) is 5.69 Å². The highest BCUT2D eigenvalue weighted by Crippen LogP contribution is 2.25. The van der Waals surface area contributed by atoms with Crippen molar-refractivity contribution in [2.75, 3.05) is 18.4 Å². The number of imidazole rings is 1. The number of para-hydroxylation sites is 2. The van der Waals surface area contributed by atoms with E-state index in [1.165, 1.54) is 16.1 Å². The fourth-order valence-electron chi connectivity index (χ4n) is 3.24. The van der Waals surface area contributed by atoms with Crippen molar-refractivity contribution < 1.29 is 13.2 Å². The van der Waals surface area contributed by atoms with E-state index in [-0.39, 0.29) is 16.1 Å². The third-order valence-corrected chi connectivity index (χ3v) is 7.75. The predicted molar refractivity (Wildman–Crippen MR) is 114 cm³/mol. The molecule has 0 saturated carbocycles. The van der Waals surface area contributed by atoms with Gasteiger partial charge in [-0.2, -0.15) is 4.31 Å². The number of hydrogen-bond donors (Lipinski definition) is 2. The van der Waals surface area contributed by atoms with Gasteiger partial charge in [-0.05, 0) is 56.2 Å². The number of hydrogen-bond acceptors (Lipinski definition) is 5. The number of nitrogens with zero attached hydrogens (tertiary/aromatic N) is 2. The fourth-order valence-corrected chi connectivity index (χ4v) is 5.58. The molecule has 1 aliphatic heterocycles. The highest BCUT2D eigenvalue weighted by atomic mass is 32.2. The SMILES string of the molecule is CC(Sc1nc2ccccc2[nH]1)C(=O)Nc1ccc(S(=O)(=O)N2CCCC2)cc1. The van der Waals surface area contributed by atoms with E-state index >= 15 is 0 Å². The van der Waals surface area contributed by atoms with Crippen LogP contribution in [0.1, 0.15) is 19.8 Å². The number of carbonyl (C=O) groups excluding carboxylic acids is 1. The maximum atomic E-state index is 12.6. The molecule has 1 aromatic heterocycles. The molecule has 2 heterocycles. The number of nitrogens with one attached hydrogen (secondary N) is 2. The van der Waals surface area contributed by atoms with Crippen molar-refractivity contribution >= 4 is 44.4 Å². The molecule has 7 nitrogen and oxygen atoms in total. The van der Waals surface area contributed by atoms with E-state index < -0.39 is 10.0 Å². The van der Waals surface area contributed by atoms with Gasteiger partial charge in [0.15, 0.2) is 5.16 Å². The first-order chi connectivity index (χ1) is 13.9. The standard InChI is InChI=1S/C20H22N4O3S2/c1-14(28-20-22-17-6-2-3-7-18(17)23-20)19(25)21-15-8-10-16(11-9-15)29(26,27)24-12-4-5-13-24/h2-3,6-11,14H,4-5,12-13H2,1H3,(H,21,25)(H,22,23). The Hall–Kier alpha value is -2.36. The van der Waals surface area contributed by atoms with Crippen LogP contribution in [0.5, 0.6) is 0 Å². The Morgan fingerprint density at radius 3 is 2.52 bits per heavy atom. The first-order valence-electron chi connectivity index (χ1n) is 9.46. The quantitative estimate of drug-likeness (QED) is 0.584. The number of carbonyl (C=O) groups is 1. The lowest BCUT2D eigenvalue weighted by Crippen LogP contribution is -2.27. The molecular formula is C20H22N4O3S2. The molecular weight excluding hydrogens is 408 g/mol. The number of benzene rings is 2. The van der Waals surface area contributed by atoms with Gasteiger partial charge in [0.2, 0.25) is 15.9 Å². The average Bonchev–Trinajstić information content (AvgIpc) is 3.38. The lowest BCUT2D eigenvalue weighted by Gasteiger charge is -2.16. The van der Waals surface area contributed by atoms with Gasteiger partial charge in [-0.15, -0.1) is 0 Å². The number of H-pyrrole nitrogens is 1. The summed E-state index contributed by atoms with van der Waals surface area (Å²) in [5, 5.41) is 3.14. The summed E-state index contributed by atoms with van der Waals surface area (Å²) in [6, 6.07) is 14.0. The van der Waals surface area contributed by atoms with Crippen molar-refractivity contribution in [3.63, 3.8) is 0 Å². The summed E-state index contributed by atoms with van der Waals surface area (Å²) in [6.45, 7) is 2.94. The van der Waals surface area contributed by atoms with Crippen LogP contribution in [0.15, 0.2) is 58.6 Å². The number of fused-ring (bicyclic) bond motifs is 1.